The summed E-state index contributed by atoms with van der Waals surface area (Å²) in [5, 5.41) is 9.28. The number of carbonyl (C=O) groups is 1. The highest BCUT2D eigenvalue weighted by atomic mass is 32.2. The summed E-state index contributed by atoms with van der Waals surface area (Å²) in [4.78, 5) is 18.7. The van der Waals surface area contributed by atoms with Crippen molar-refractivity contribution in [3.8, 4) is 11.3 Å². The number of carbonyl (C=O) groups excluding carboxylic acids is 1. The first-order valence-corrected chi connectivity index (χ1v) is 10.4. The number of anilines is 1. The van der Waals surface area contributed by atoms with E-state index in [2.05, 4.69) is 15.2 Å². The molecule has 0 fully saturated rings. The van der Waals surface area contributed by atoms with Crippen molar-refractivity contribution in [3.63, 3.8) is 0 Å². The molecule has 0 aliphatic carbocycles. The van der Waals surface area contributed by atoms with E-state index in [0.29, 0.717) is 17.6 Å². The predicted octanol–water partition coefficient (Wildman–Crippen LogP) is 3.12. The van der Waals surface area contributed by atoms with Gasteiger partial charge in [-0.3, -0.25) is 4.79 Å². The Morgan fingerprint density at radius 2 is 2.14 bits per heavy atom. The van der Waals surface area contributed by atoms with E-state index in [9.17, 15) is 18.0 Å². The minimum atomic E-state index is -4.70. The molecular formula is C17H15F3N6OS2. The molecule has 0 radical (unpaired) electrons. The fraction of sp³-hybridized carbons (Fsp3) is 0.294. The summed E-state index contributed by atoms with van der Waals surface area (Å²) in [6, 6.07) is 5.82. The highest BCUT2D eigenvalue weighted by Gasteiger charge is 2.38. The molecule has 0 bridgehead atoms. The largest absolute Gasteiger partial charge is 0.453 e. The third-order valence-corrected chi connectivity index (χ3v) is 6.14. The number of nitrogen functional groups attached to an aromatic ring is 1. The number of nitrogens with zero attached hydrogens (tertiary/aromatic N) is 5. The van der Waals surface area contributed by atoms with Crippen LogP contribution in [0.25, 0.3) is 11.3 Å². The van der Waals surface area contributed by atoms with Gasteiger partial charge in [0.05, 0.1) is 16.5 Å². The average Bonchev–Trinajstić information content (AvgIpc) is 3.37. The maximum absolute atomic E-state index is 12.7. The zero-order chi connectivity index (χ0) is 20.8. The van der Waals surface area contributed by atoms with E-state index < -0.39 is 12.0 Å². The van der Waals surface area contributed by atoms with Crippen LogP contribution in [-0.4, -0.2) is 38.1 Å². The van der Waals surface area contributed by atoms with Crippen LogP contribution >= 0.6 is 23.1 Å². The monoisotopic (exact) mass is 440 g/mol. The lowest BCUT2D eigenvalue weighted by Gasteiger charge is -2.17. The summed E-state index contributed by atoms with van der Waals surface area (Å²) >= 11 is 2.40. The summed E-state index contributed by atoms with van der Waals surface area (Å²) in [6.07, 6.45) is -4.00. The van der Waals surface area contributed by atoms with Gasteiger partial charge in [0, 0.05) is 23.2 Å². The Labute approximate surface area is 171 Å². The molecule has 1 aliphatic heterocycles. The van der Waals surface area contributed by atoms with Crippen molar-refractivity contribution in [1.29, 1.82) is 0 Å². The van der Waals surface area contributed by atoms with Crippen molar-refractivity contribution in [1.82, 2.24) is 19.9 Å². The van der Waals surface area contributed by atoms with Gasteiger partial charge in [0.2, 0.25) is 11.1 Å². The van der Waals surface area contributed by atoms with Crippen molar-refractivity contribution in [3.05, 3.63) is 40.0 Å². The van der Waals surface area contributed by atoms with Crippen molar-refractivity contribution in [2.24, 2.45) is 0 Å². The van der Waals surface area contributed by atoms with Crippen molar-refractivity contribution < 1.29 is 18.0 Å². The van der Waals surface area contributed by atoms with E-state index in [1.807, 2.05) is 30.5 Å². The molecule has 0 unspecified atom stereocenters. The Morgan fingerprint density at radius 3 is 2.79 bits per heavy atom. The molecular weight excluding hydrogens is 425 g/mol. The first-order chi connectivity index (χ1) is 13.7. The highest BCUT2D eigenvalue weighted by molar-refractivity contribution is 7.99. The second-order valence-electron chi connectivity index (χ2n) is 6.35. The van der Waals surface area contributed by atoms with E-state index in [-0.39, 0.29) is 16.8 Å². The Morgan fingerprint density at radius 1 is 1.34 bits per heavy atom. The number of aromatic nitrogens is 4. The lowest BCUT2D eigenvalue weighted by molar-refractivity contribution is -0.146. The molecule has 1 aliphatic rings. The number of hydrogen-bond acceptors (Lipinski definition) is 7. The van der Waals surface area contributed by atoms with Crippen LogP contribution in [0.5, 0.6) is 0 Å². The Balaban J connectivity index is 1.46. The van der Waals surface area contributed by atoms with Gasteiger partial charge in [-0.1, -0.05) is 17.8 Å². The maximum atomic E-state index is 12.7. The van der Waals surface area contributed by atoms with Gasteiger partial charge >= 0.3 is 6.18 Å². The molecule has 2 aromatic heterocycles. The zero-order valence-corrected chi connectivity index (χ0v) is 16.7. The third-order valence-electron chi connectivity index (χ3n) is 4.43. The van der Waals surface area contributed by atoms with Gasteiger partial charge in [0.15, 0.2) is 0 Å². The normalized spacial score (nSPS) is 13.7. The fourth-order valence-corrected chi connectivity index (χ4v) is 4.44. The van der Waals surface area contributed by atoms with Gasteiger partial charge in [-0.2, -0.15) is 13.2 Å². The van der Waals surface area contributed by atoms with Crippen LogP contribution in [0.1, 0.15) is 16.4 Å². The van der Waals surface area contributed by atoms with Crippen molar-refractivity contribution in [2.75, 3.05) is 23.0 Å². The minimum Gasteiger partial charge on any atom is -0.335 e. The topological polar surface area (TPSA) is 89.9 Å². The molecule has 152 valence electrons. The number of alkyl halides is 3. The van der Waals surface area contributed by atoms with Crippen LogP contribution in [0.15, 0.2) is 28.7 Å². The molecule has 0 spiro atoms. The molecule has 3 aromatic rings. The fourth-order valence-electron chi connectivity index (χ4n) is 3.09. The molecule has 1 aromatic carbocycles. The second kappa shape index (κ2) is 7.34. The highest BCUT2D eigenvalue weighted by Crippen LogP contribution is 2.34. The van der Waals surface area contributed by atoms with Crippen LogP contribution in [0.3, 0.4) is 0 Å². The van der Waals surface area contributed by atoms with Gasteiger partial charge < -0.3 is 10.7 Å². The average molecular weight is 440 g/mol. The second-order valence-corrected chi connectivity index (χ2v) is 8.36. The predicted molar refractivity (Wildman–Crippen MR) is 104 cm³/mol. The summed E-state index contributed by atoms with van der Waals surface area (Å²) < 4.78 is 38.6. The SMILES string of the molecule is Cc1nc(-c2ccc3c(c2)CCN3C(=O)CSc2nnc(C(F)(F)F)n2N)cs1. The Kier molecular flexibility index (Phi) is 4.99. The number of amides is 1. The van der Waals surface area contributed by atoms with Gasteiger partial charge in [-0.25, -0.2) is 9.66 Å². The lowest BCUT2D eigenvalue weighted by Crippen LogP contribution is -2.30. The molecule has 4 rings (SSSR count). The van der Waals surface area contributed by atoms with Gasteiger partial charge in [0.25, 0.3) is 5.82 Å². The molecule has 3 heterocycles. The molecule has 0 atom stereocenters. The minimum absolute atomic E-state index is 0.0976. The van der Waals surface area contributed by atoms with Crippen LogP contribution in [0, 0.1) is 6.92 Å². The van der Waals surface area contributed by atoms with Crippen molar-refractivity contribution in [2.45, 2.75) is 24.7 Å². The van der Waals surface area contributed by atoms with Crippen LogP contribution in [-0.2, 0) is 17.4 Å². The summed E-state index contributed by atoms with van der Waals surface area (Å²) in [5.41, 5.74) is 3.73. The molecule has 2 N–H and O–H groups in total. The van der Waals surface area contributed by atoms with Crippen LogP contribution in [0.2, 0.25) is 0 Å². The lowest BCUT2D eigenvalue weighted by atomic mass is 10.1. The van der Waals surface area contributed by atoms with Gasteiger partial charge in [-0.05, 0) is 31.0 Å². The smallest absolute Gasteiger partial charge is 0.335 e. The maximum Gasteiger partial charge on any atom is 0.453 e. The number of fused-ring (bicyclic) bond motifs is 1. The van der Waals surface area contributed by atoms with Crippen LogP contribution < -0.4 is 10.7 Å². The first-order valence-electron chi connectivity index (χ1n) is 8.50. The number of thiazole rings is 1. The Bertz CT molecular complexity index is 1080. The number of halogens is 3. The molecule has 0 saturated heterocycles. The summed E-state index contributed by atoms with van der Waals surface area (Å²) in [6.45, 7) is 2.46. The van der Waals surface area contributed by atoms with E-state index in [1.165, 1.54) is 0 Å². The number of benzene rings is 1. The van der Waals surface area contributed by atoms with E-state index in [1.54, 1.807) is 16.2 Å². The molecule has 1 amide bonds. The summed E-state index contributed by atoms with van der Waals surface area (Å²) in [5.74, 6) is 3.77. The molecule has 12 heteroatoms. The van der Waals surface area contributed by atoms with Gasteiger partial charge in [-0.15, -0.1) is 21.5 Å². The molecule has 0 saturated carbocycles. The third kappa shape index (κ3) is 3.81. The van der Waals surface area contributed by atoms with Gasteiger partial charge in [0.1, 0.15) is 0 Å². The quantitative estimate of drug-likeness (QED) is 0.495. The van der Waals surface area contributed by atoms with E-state index in [0.717, 1.165) is 39.3 Å². The first kappa shape index (κ1) is 19.7. The van der Waals surface area contributed by atoms with E-state index >= 15 is 0 Å². The van der Waals surface area contributed by atoms with Crippen LogP contribution in [0.4, 0.5) is 18.9 Å². The number of rotatable bonds is 4. The number of nitrogens with two attached hydrogens (primary N) is 1. The number of aryl methyl sites for hydroxylation is 1. The van der Waals surface area contributed by atoms with Crippen molar-refractivity contribution >= 4 is 34.7 Å². The summed E-state index contributed by atoms with van der Waals surface area (Å²) in [7, 11) is 0. The van der Waals surface area contributed by atoms with E-state index in [4.69, 9.17) is 5.84 Å². The molecule has 29 heavy (non-hydrogen) atoms. The Hall–Kier alpha value is -2.60. The number of hydrogen-bond donors (Lipinski definition) is 1. The molecule has 7 nitrogen and oxygen atoms in total. The zero-order valence-electron chi connectivity index (χ0n) is 15.1. The number of thioether (sulfide) groups is 1. The standard InChI is InChI=1S/C17H15F3N6OS2/c1-9-22-12(7-28-9)10-2-3-13-11(6-10)4-5-25(13)14(27)8-29-16-24-23-15(26(16)21)17(18,19)20/h2-3,6-7H,4-5,8,21H2,1H3.